The van der Waals surface area contributed by atoms with Gasteiger partial charge in [-0.3, -0.25) is 4.99 Å². The van der Waals surface area contributed by atoms with Gasteiger partial charge in [0.15, 0.2) is 0 Å². The minimum Gasteiger partial charge on any atom is -0.378 e. The van der Waals surface area contributed by atoms with Crippen molar-refractivity contribution in [3.63, 3.8) is 0 Å². The second-order valence-electron chi connectivity index (χ2n) is 5.43. The van der Waals surface area contributed by atoms with Crippen LogP contribution < -0.4 is 9.80 Å². The van der Waals surface area contributed by atoms with Gasteiger partial charge in [0, 0.05) is 48.5 Å². The predicted molar refractivity (Wildman–Crippen MR) is 89.4 cm³/mol. The number of allylic oxidation sites excluding steroid dienone is 1. The van der Waals surface area contributed by atoms with Crippen LogP contribution in [-0.2, 0) is 4.74 Å². The fourth-order valence-corrected chi connectivity index (χ4v) is 3.88. The summed E-state index contributed by atoms with van der Waals surface area (Å²) in [7, 11) is 0. The zero-order valence-corrected chi connectivity index (χ0v) is 12.8. The van der Waals surface area contributed by atoms with Gasteiger partial charge in [-0.05, 0) is 18.2 Å². The molecule has 0 N–H and O–H groups in total. The second kappa shape index (κ2) is 5.73. The molecule has 3 aliphatic rings. The Labute approximate surface area is 129 Å². The molecule has 3 aliphatic heterocycles. The highest BCUT2D eigenvalue weighted by Crippen LogP contribution is 2.33. The average molecular weight is 301 g/mol. The lowest BCUT2D eigenvalue weighted by Crippen LogP contribution is -2.36. The van der Waals surface area contributed by atoms with Crippen LogP contribution in [-0.4, -0.2) is 44.4 Å². The minimum absolute atomic E-state index is 0.828. The summed E-state index contributed by atoms with van der Waals surface area (Å²) < 4.78 is 5.44. The van der Waals surface area contributed by atoms with Gasteiger partial charge in [0.2, 0.25) is 0 Å². The SMILES string of the molecule is C1=C2SCN=C2CCN1c1cccc(N2CCOCC2)c1. The van der Waals surface area contributed by atoms with E-state index in [0.717, 1.165) is 45.1 Å². The highest BCUT2D eigenvalue weighted by Gasteiger charge is 2.22. The van der Waals surface area contributed by atoms with Crippen molar-refractivity contribution in [3.05, 3.63) is 35.4 Å². The zero-order valence-electron chi connectivity index (χ0n) is 12.0. The summed E-state index contributed by atoms with van der Waals surface area (Å²) in [6.07, 6.45) is 3.32. The third-order valence-corrected chi connectivity index (χ3v) is 5.07. The number of morpholine rings is 1. The van der Waals surface area contributed by atoms with E-state index in [9.17, 15) is 0 Å². The summed E-state index contributed by atoms with van der Waals surface area (Å²) in [6.45, 7) is 4.65. The Morgan fingerprint density at radius 3 is 2.86 bits per heavy atom. The number of rotatable bonds is 2. The number of fused-ring (bicyclic) bond motifs is 1. The molecule has 4 rings (SSSR count). The molecule has 0 amide bonds. The number of anilines is 2. The first-order valence-corrected chi connectivity index (χ1v) is 8.46. The van der Waals surface area contributed by atoms with Crippen molar-refractivity contribution >= 4 is 28.8 Å². The molecule has 3 heterocycles. The second-order valence-corrected chi connectivity index (χ2v) is 6.42. The maximum absolute atomic E-state index is 5.44. The van der Waals surface area contributed by atoms with E-state index in [-0.39, 0.29) is 0 Å². The summed E-state index contributed by atoms with van der Waals surface area (Å²) in [5, 5.41) is 0. The number of ether oxygens (including phenoxy) is 1. The van der Waals surface area contributed by atoms with Crippen LogP contribution in [0.1, 0.15) is 6.42 Å². The number of hydrogen-bond acceptors (Lipinski definition) is 5. The van der Waals surface area contributed by atoms with Gasteiger partial charge in [-0.1, -0.05) is 17.8 Å². The molecule has 4 nitrogen and oxygen atoms in total. The molecule has 1 saturated heterocycles. The van der Waals surface area contributed by atoms with Crippen molar-refractivity contribution in [2.24, 2.45) is 4.99 Å². The smallest absolute Gasteiger partial charge is 0.0895 e. The van der Waals surface area contributed by atoms with Gasteiger partial charge in [-0.2, -0.15) is 0 Å². The van der Waals surface area contributed by atoms with Crippen molar-refractivity contribution in [2.75, 3.05) is 48.5 Å². The van der Waals surface area contributed by atoms with E-state index >= 15 is 0 Å². The normalized spacial score (nSPS) is 21.9. The first-order chi connectivity index (χ1) is 10.4. The molecule has 110 valence electrons. The van der Waals surface area contributed by atoms with Gasteiger partial charge in [0.05, 0.1) is 24.8 Å². The van der Waals surface area contributed by atoms with Crippen LogP contribution in [0.25, 0.3) is 0 Å². The lowest BCUT2D eigenvalue weighted by atomic mass is 10.1. The Morgan fingerprint density at radius 1 is 1.10 bits per heavy atom. The van der Waals surface area contributed by atoms with E-state index in [2.05, 4.69) is 45.3 Å². The average Bonchev–Trinajstić information content (AvgIpc) is 3.03. The summed E-state index contributed by atoms with van der Waals surface area (Å²) in [6, 6.07) is 8.85. The van der Waals surface area contributed by atoms with Crippen LogP contribution >= 0.6 is 11.8 Å². The number of thioether (sulfide) groups is 1. The highest BCUT2D eigenvalue weighted by molar-refractivity contribution is 8.04. The maximum Gasteiger partial charge on any atom is 0.0895 e. The molecule has 0 spiro atoms. The summed E-state index contributed by atoms with van der Waals surface area (Å²) in [5.41, 5.74) is 3.87. The van der Waals surface area contributed by atoms with Crippen LogP contribution in [0.2, 0.25) is 0 Å². The van der Waals surface area contributed by atoms with E-state index in [1.807, 2.05) is 11.8 Å². The van der Waals surface area contributed by atoms with E-state index in [1.165, 1.54) is 22.0 Å². The molecule has 1 fully saturated rings. The van der Waals surface area contributed by atoms with E-state index < -0.39 is 0 Å². The van der Waals surface area contributed by atoms with Gasteiger partial charge in [0.25, 0.3) is 0 Å². The third kappa shape index (κ3) is 2.68. The van der Waals surface area contributed by atoms with Crippen molar-refractivity contribution < 1.29 is 4.74 Å². The molecular weight excluding hydrogens is 282 g/mol. The van der Waals surface area contributed by atoms with Crippen molar-refractivity contribution in [1.29, 1.82) is 0 Å². The molecule has 0 aliphatic carbocycles. The molecule has 0 atom stereocenters. The van der Waals surface area contributed by atoms with E-state index in [1.54, 1.807) is 0 Å². The van der Waals surface area contributed by atoms with Crippen molar-refractivity contribution in [2.45, 2.75) is 6.42 Å². The van der Waals surface area contributed by atoms with Gasteiger partial charge >= 0.3 is 0 Å². The third-order valence-electron chi connectivity index (χ3n) is 4.16. The first-order valence-electron chi connectivity index (χ1n) is 7.48. The van der Waals surface area contributed by atoms with Crippen LogP contribution in [0.5, 0.6) is 0 Å². The Kier molecular flexibility index (Phi) is 3.61. The molecule has 1 aromatic rings. The summed E-state index contributed by atoms with van der Waals surface area (Å²) in [4.78, 5) is 10.6. The van der Waals surface area contributed by atoms with Crippen LogP contribution in [0.3, 0.4) is 0 Å². The first kappa shape index (κ1) is 13.2. The minimum atomic E-state index is 0.828. The molecule has 0 unspecified atom stereocenters. The molecule has 0 bridgehead atoms. The highest BCUT2D eigenvalue weighted by atomic mass is 32.2. The standard InChI is InChI=1S/C16H19N3OS/c1-2-13(18-6-8-20-9-7-18)10-14(3-1)19-5-4-15-16(11-19)21-12-17-15/h1-3,10-11H,4-9,12H2. The fourth-order valence-electron chi connectivity index (χ4n) is 2.98. The van der Waals surface area contributed by atoms with Crippen LogP contribution in [0.15, 0.2) is 40.4 Å². The van der Waals surface area contributed by atoms with E-state index in [0.29, 0.717) is 0 Å². The Balaban J connectivity index is 1.58. The fraction of sp³-hybridized carbons (Fsp3) is 0.438. The van der Waals surface area contributed by atoms with E-state index in [4.69, 9.17) is 4.74 Å². The molecular formula is C16H19N3OS. The van der Waals surface area contributed by atoms with Crippen molar-refractivity contribution in [1.82, 2.24) is 0 Å². The Hall–Kier alpha value is -1.46. The summed E-state index contributed by atoms with van der Waals surface area (Å²) >= 11 is 1.85. The molecule has 0 radical (unpaired) electrons. The van der Waals surface area contributed by atoms with Gasteiger partial charge in [-0.25, -0.2) is 0 Å². The molecule has 5 heteroatoms. The lowest BCUT2D eigenvalue weighted by molar-refractivity contribution is 0.122. The largest absolute Gasteiger partial charge is 0.378 e. The van der Waals surface area contributed by atoms with Crippen molar-refractivity contribution in [3.8, 4) is 0 Å². The van der Waals surface area contributed by atoms with Gasteiger partial charge < -0.3 is 14.5 Å². The maximum atomic E-state index is 5.44. The summed E-state index contributed by atoms with van der Waals surface area (Å²) in [5.74, 6) is 0.892. The lowest BCUT2D eigenvalue weighted by Gasteiger charge is -2.31. The van der Waals surface area contributed by atoms with Gasteiger partial charge in [-0.15, -0.1) is 0 Å². The quantitative estimate of drug-likeness (QED) is 0.839. The molecule has 0 aromatic heterocycles. The molecule has 0 saturated carbocycles. The van der Waals surface area contributed by atoms with Crippen LogP contribution in [0.4, 0.5) is 11.4 Å². The zero-order chi connectivity index (χ0) is 14.1. The number of benzene rings is 1. The van der Waals surface area contributed by atoms with Crippen LogP contribution in [0, 0.1) is 0 Å². The van der Waals surface area contributed by atoms with Gasteiger partial charge in [0.1, 0.15) is 0 Å². The Morgan fingerprint density at radius 2 is 1.95 bits per heavy atom. The Bertz CT molecular complexity index is 593. The monoisotopic (exact) mass is 301 g/mol. The number of aliphatic imine (C=N–C) groups is 1. The topological polar surface area (TPSA) is 28.1 Å². The number of hydrogen-bond donors (Lipinski definition) is 0. The number of nitrogens with zero attached hydrogens (tertiary/aromatic N) is 3. The molecule has 1 aromatic carbocycles. The molecule has 21 heavy (non-hydrogen) atoms. The predicted octanol–water partition coefficient (Wildman–Crippen LogP) is 2.72.